The van der Waals surface area contributed by atoms with Gasteiger partial charge >= 0.3 is 0 Å². The Labute approximate surface area is 142 Å². The number of aryl methyl sites for hydroxylation is 2. The van der Waals surface area contributed by atoms with Gasteiger partial charge in [0.2, 0.25) is 0 Å². The fourth-order valence-electron chi connectivity index (χ4n) is 3.39. The van der Waals surface area contributed by atoms with Crippen LogP contribution in [0.25, 0.3) is 11.4 Å². The molecule has 1 aliphatic heterocycles. The molecule has 0 aliphatic carbocycles. The Morgan fingerprint density at radius 1 is 1.17 bits per heavy atom. The molecule has 0 amide bonds. The lowest BCUT2D eigenvalue weighted by molar-refractivity contribution is 0.238. The lowest BCUT2D eigenvalue weighted by Crippen LogP contribution is -2.31. The molecule has 3 heterocycles. The van der Waals surface area contributed by atoms with Crippen molar-refractivity contribution >= 4 is 0 Å². The molecule has 122 valence electrons. The zero-order chi connectivity index (χ0) is 16.5. The third kappa shape index (κ3) is 2.97. The number of fused-ring (bicyclic) bond motifs is 1. The van der Waals surface area contributed by atoms with E-state index >= 15 is 0 Å². The first kappa shape index (κ1) is 15.1. The second kappa shape index (κ2) is 6.21. The van der Waals surface area contributed by atoms with Crippen LogP contribution < -0.4 is 0 Å². The van der Waals surface area contributed by atoms with Crippen molar-refractivity contribution in [3.05, 3.63) is 70.8 Å². The van der Waals surface area contributed by atoms with E-state index in [9.17, 15) is 0 Å². The lowest BCUT2D eigenvalue weighted by atomic mass is 10.1. The summed E-state index contributed by atoms with van der Waals surface area (Å²) in [7, 11) is 0. The first-order valence-electron chi connectivity index (χ1n) is 8.47. The van der Waals surface area contributed by atoms with Gasteiger partial charge in [0.1, 0.15) is 0 Å². The molecule has 0 radical (unpaired) electrons. The highest BCUT2D eigenvalue weighted by Gasteiger charge is 2.20. The van der Waals surface area contributed by atoms with E-state index in [0.29, 0.717) is 0 Å². The molecule has 1 N–H and O–H groups in total. The number of aromatic amines is 1. The van der Waals surface area contributed by atoms with Gasteiger partial charge in [0.05, 0.1) is 5.69 Å². The molecule has 1 aromatic carbocycles. The average Bonchev–Trinajstić information content (AvgIpc) is 2.92. The highest BCUT2D eigenvalue weighted by atomic mass is 15.1. The second-order valence-corrected chi connectivity index (χ2v) is 6.61. The summed E-state index contributed by atoms with van der Waals surface area (Å²) in [6, 6.07) is 12.4. The Morgan fingerprint density at radius 2 is 2.00 bits per heavy atom. The minimum atomic E-state index is 0.822. The first-order chi connectivity index (χ1) is 11.7. The van der Waals surface area contributed by atoms with Crippen LogP contribution in [-0.2, 0) is 19.5 Å². The molecule has 4 rings (SSSR count). The summed E-state index contributed by atoms with van der Waals surface area (Å²) in [4.78, 5) is 15.3. The normalized spacial score (nSPS) is 14.6. The molecule has 0 saturated heterocycles. The molecule has 3 aromatic rings. The Hall–Kier alpha value is -2.46. The number of aromatic nitrogens is 3. The minimum absolute atomic E-state index is 0.822. The van der Waals surface area contributed by atoms with Crippen molar-refractivity contribution in [2.24, 2.45) is 0 Å². The van der Waals surface area contributed by atoms with Gasteiger partial charge < -0.3 is 4.98 Å². The maximum absolute atomic E-state index is 4.84. The number of nitrogens with one attached hydrogen (secondary N) is 1. The van der Waals surface area contributed by atoms with E-state index in [1.165, 1.54) is 22.5 Å². The maximum Gasteiger partial charge on any atom is 0.159 e. The highest BCUT2D eigenvalue weighted by molar-refractivity contribution is 5.54. The molecule has 0 spiro atoms. The predicted octanol–water partition coefficient (Wildman–Crippen LogP) is 3.65. The van der Waals surface area contributed by atoms with Crippen LogP contribution in [0.3, 0.4) is 0 Å². The van der Waals surface area contributed by atoms with E-state index in [4.69, 9.17) is 4.98 Å². The molecular formula is C20H22N4. The number of hydrogen-bond donors (Lipinski definition) is 1. The van der Waals surface area contributed by atoms with Crippen LogP contribution in [0.1, 0.15) is 28.2 Å². The van der Waals surface area contributed by atoms with E-state index in [1.807, 2.05) is 24.4 Å². The summed E-state index contributed by atoms with van der Waals surface area (Å²) in [5.74, 6) is 0.822. The fourth-order valence-corrected chi connectivity index (χ4v) is 3.39. The van der Waals surface area contributed by atoms with E-state index in [1.54, 1.807) is 0 Å². The molecule has 0 unspecified atom stereocenters. The van der Waals surface area contributed by atoms with Gasteiger partial charge in [0.15, 0.2) is 5.82 Å². The quantitative estimate of drug-likeness (QED) is 0.802. The molecular weight excluding hydrogens is 296 g/mol. The monoisotopic (exact) mass is 318 g/mol. The Morgan fingerprint density at radius 3 is 2.75 bits per heavy atom. The Balaban J connectivity index is 1.56. The third-order valence-electron chi connectivity index (χ3n) is 4.70. The van der Waals surface area contributed by atoms with Crippen LogP contribution >= 0.6 is 0 Å². The molecule has 24 heavy (non-hydrogen) atoms. The molecule has 0 fully saturated rings. The second-order valence-electron chi connectivity index (χ2n) is 6.61. The van der Waals surface area contributed by atoms with Gasteiger partial charge in [0.25, 0.3) is 0 Å². The van der Waals surface area contributed by atoms with Crippen LogP contribution in [0.15, 0.2) is 42.6 Å². The largest absolute Gasteiger partial charge is 0.361 e. The summed E-state index contributed by atoms with van der Waals surface area (Å²) in [5.41, 5.74) is 7.41. The zero-order valence-electron chi connectivity index (χ0n) is 14.2. The molecule has 0 atom stereocenters. The van der Waals surface area contributed by atoms with Gasteiger partial charge in [-0.15, -0.1) is 0 Å². The van der Waals surface area contributed by atoms with Crippen LogP contribution in [0.4, 0.5) is 0 Å². The zero-order valence-corrected chi connectivity index (χ0v) is 14.2. The number of hydrogen-bond acceptors (Lipinski definition) is 3. The molecule has 0 bridgehead atoms. The molecule has 2 aromatic heterocycles. The number of H-pyrrole nitrogens is 1. The van der Waals surface area contributed by atoms with E-state index in [2.05, 4.69) is 46.9 Å². The summed E-state index contributed by atoms with van der Waals surface area (Å²) in [6.45, 7) is 7.17. The first-order valence-corrected chi connectivity index (χ1v) is 8.47. The van der Waals surface area contributed by atoms with Crippen molar-refractivity contribution in [1.29, 1.82) is 0 Å². The molecule has 4 heteroatoms. The number of nitrogens with zero attached hydrogens (tertiary/aromatic N) is 3. The average molecular weight is 318 g/mol. The third-order valence-corrected chi connectivity index (χ3v) is 4.70. The van der Waals surface area contributed by atoms with E-state index < -0.39 is 0 Å². The van der Waals surface area contributed by atoms with Crippen molar-refractivity contribution in [1.82, 2.24) is 19.9 Å². The van der Waals surface area contributed by atoms with Crippen LogP contribution in [0, 0.1) is 13.8 Å². The van der Waals surface area contributed by atoms with Gasteiger partial charge in [0, 0.05) is 42.8 Å². The van der Waals surface area contributed by atoms with Gasteiger partial charge in [-0.1, -0.05) is 30.3 Å². The van der Waals surface area contributed by atoms with Crippen molar-refractivity contribution in [2.45, 2.75) is 33.4 Å². The summed E-state index contributed by atoms with van der Waals surface area (Å²) >= 11 is 0. The standard InChI is InChI=1S/C20H22N4/c1-14-10-15(2)22-18(14)12-24-9-8-17-11-21-20(23-19(17)13-24)16-6-4-3-5-7-16/h3-7,10-11,22H,8-9,12-13H2,1-2H3. The topological polar surface area (TPSA) is 44.8 Å². The molecule has 0 saturated carbocycles. The van der Waals surface area contributed by atoms with Crippen molar-refractivity contribution < 1.29 is 0 Å². The number of benzene rings is 1. The van der Waals surface area contributed by atoms with Crippen LogP contribution in [0.2, 0.25) is 0 Å². The summed E-state index contributed by atoms with van der Waals surface area (Å²) in [6.07, 6.45) is 3.02. The van der Waals surface area contributed by atoms with Gasteiger partial charge in [-0.25, -0.2) is 9.97 Å². The van der Waals surface area contributed by atoms with Gasteiger partial charge in [-0.3, -0.25) is 4.90 Å². The smallest absolute Gasteiger partial charge is 0.159 e. The SMILES string of the molecule is Cc1cc(C)c(CN2CCc3cnc(-c4ccccc4)nc3C2)[nH]1. The van der Waals surface area contributed by atoms with E-state index in [-0.39, 0.29) is 0 Å². The highest BCUT2D eigenvalue weighted by Crippen LogP contribution is 2.22. The molecule has 1 aliphatic rings. The van der Waals surface area contributed by atoms with Crippen molar-refractivity contribution in [3.63, 3.8) is 0 Å². The fraction of sp³-hybridized carbons (Fsp3) is 0.300. The van der Waals surface area contributed by atoms with Crippen LogP contribution in [-0.4, -0.2) is 26.4 Å². The minimum Gasteiger partial charge on any atom is -0.361 e. The summed E-state index contributed by atoms with van der Waals surface area (Å²) in [5, 5.41) is 0. The van der Waals surface area contributed by atoms with Gasteiger partial charge in [-0.2, -0.15) is 0 Å². The lowest BCUT2D eigenvalue weighted by Gasteiger charge is -2.27. The Kier molecular flexibility index (Phi) is 3.90. The predicted molar refractivity (Wildman–Crippen MR) is 95.6 cm³/mol. The van der Waals surface area contributed by atoms with Crippen LogP contribution in [0.5, 0.6) is 0 Å². The van der Waals surface area contributed by atoms with Gasteiger partial charge in [-0.05, 0) is 37.5 Å². The Bertz CT molecular complexity index is 851. The van der Waals surface area contributed by atoms with E-state index in [0.717, 1.165) is 43.1 Å². The summed E-state index contributed by atoms with van der Waals surface area (Å²) < 4.78 is 0. The van der Waals surface area contributed by atoms with Crippen molar-refractivity contribution in [2.75, 3.05) is 6.54 Å². The van der Waals surface area contributed by atoms with Crippen molar-refractivity contribution in [3.8, 4) is 11.4 Å². The number of rotatable bonds is 3. The maximum atomic E-state index is 4.84. The molecule has 4 nitrogen and oxygen atoms in total.